The lowest BCUT2D eigenvalue weighted by molar-refractivity contribution is -0.130. The third-order valence-electron chi connectivity index (χ3n) is 3.35. The van der Waals surface area contributed by atoms with E-state index < -0.39 is 0 Å². The summed E-state index contributed by atoms with van der Waals surface area (Å²) in [6.07, 6.45) is 0. The van der Waals surface area contributed by atoms with E-state index in [0.717, 1.165) is 30.5 Å². The van der Waals surface area contributed by atoms with E-state index in [9.17, 15) is 4.79 Å². The predicted molar refractivity (Wildman–Crippen MR) is 75.0 cm³/mol. The van der Waals surface area contributed by atoms with Crippen LogP contribution in [0.5, 0.6) is 0 Å². The molecule has 0 bridgehead atoms. The largest absolute Gasteiger partial charge is 0.340 e. The van der Waals surface area contributed by atoms with Gasteiger partial charge in [0.2, 0.25) is 5.91 Å². The van der Waals surface area contributed by atoms with Crippen molar-refractivity contribution in [1.82, 2.24) is 9.80 Å². The summed E-state index contributed by atoms with van der Waals surface area (Å²) < 4.78 is 0.797. The van der Waals surface area contributed by atoms with Gasteiger partial charge in [-0.3, -0.25) is 9.69 Å². The van der Waals surface area contributed by atoms with Crippen molar-refractivity contribution in [2.24, 2.45) is 5.73 Å². The van der Waals surface area contributed by atoms with Crippen LogP contribution in [0.15, 0.2) is 12.1 Å². The zero-order valence-electron chi connectivity index (χ0n) is 10.4. The van der Waals surface area contributed by atoms with Crippen LogP contribution in [0.2, 0.25) is 4.34 Å². The van der Waals surface area contributed by atoms with E-state index in [4.69, 9.17) is 17.3 Å². The molecule has 2 rings (SSSR count). The maximum absolute atomic E-state index is 11.3. The Labute approximate surface area is 116 Å². The fraction of sp³-hybridized carbons (Fsp3) is 0.583. The lowest BCUT2D eigenvalue weighted by Crippen LogP contribution is -2.50. The molecular weight excluding hydrogens is 270 g/mol. The fourth-order valence-corrected chi connectivity index (χ4v) is 3.51. The summed E-state index contributed by atoms with van der Waals surface area (Å²) in [5.41, 5.74) is 5.88. The molecule has 1 aromatic heterocycles. The van der Waals surface area contributed by atoms with E-state index in [1.807, 2.05) is 17.0 Å². The molecule has 1 atom stereocenters. The summed E-state index contributed by atoms with van der Waals surface area (Å²) in [5.74, 6) is 0.151. The molecule has 0 radical (unpaired) electrons. The van der Waals surface area contributed by atoms with Crippen LogP contribution in [0, 0.1) is 0 Å². The lowest BCUT2D eigenvalue weighted by atomic mass is 10.1. The zero-order valence-corrected chi connectivity index (χ0v) is 12.0. The van der Waals surface area contributed by atoms with Gasteiger partial charge < -0.3 is 10.6 Å². The van der Waals surface area contributed by atoms with Crippen molar-refractivity contribution < 1.29 is 4.79 Å². The third kappa shape index (κ3) is 3.03. The van der Waals surface area contributed by atoms with Gasteiger partial charge in [0.25, 0.3) is 0 Å². The molecule has 18 heavy (non-hydrogen) atoms. The fourth-order valence-electron chi connectivity index (χ4n) is 2.30. The maximum atomic E-state index is 11.3. The van der Waals surface area contributed by atoms with Crippen LogP contribution in [-0.2, 0) is 4.79 Å². The Morgan fingerprint density at radius 1 is 1.44 bits per heavy atom. The van der Waals surface area contributed by atoms with E-state index in [2.05, 4.69) is 4.90 Å². The molecule has 0 aromatic carbocycles. The number of nitrogens with two attached hydrogens (primary N) is 1. The summed E-state index contributed by atoms with van der Waals surface area (Å²) in [7, 11) is 0. The van der Waals surface area contributed by atoms with Crippen LogP contribution in [0.3, 0.4) is 0 Å². The third-order valence-corrected chi connectivity index (χ3v) is 4.68. The summed E-state index contributed by atoms with van der Waals surface area (Å²) in [4.78, 5) is 16.7. The second kappa shape index (κ2) is 6.02. The first-order chi connectivity index (χ1) is 8.61. The molecule has 0 spiro atoms. The normalized spacial score (nSPS) is 18.9. The van der Waals surface area contributed by atoms with Gasteiger partial charge in [0.05, 0.1) is 10.4 Å². The highest BCUT2D eigenvalue weighted by molar-refractivity contribution is 7.16. The summed E-state index contributed by atoms with van der Waals surface area (Å²) >= 11 is 7.56. The Balaban J connectivity index is 2.00. The van der Waals surface area contributed by atoms with Crippen LogP contribution in [0.1, 0.15) is 17.8 Å². The van der Waals surface area contributed by atoms with Gasteiger partial charge in [-0.15, -0.1) is 11.3 Å². The van der Waals surface area contributed by atoms with Gasteiger partial charge in [0.15, 0.2) is 0 Å². The van der Waals surface area contributed by atoms with Crippen molar-refractivity contribution in [2.45, 2.75) is 13.0 Å². The Morgan fingerprint density at radius 3 is 2.56 bits per heavy atom. The molecule has 6 heteroatoms. The number of hydrogen-bond donors (Lipinski definition) is 1. The summed E-state index contributed by atoms with van der Waals surface area (Å²) in [6.45, 7) is 5.51. The van der Waals surface area contributed by atoms with Crippen LogP contribution in [0.4, 0.5) is 0 Å². The van der Waals surface area contributed by atoms with Gasteiger partial charge in [-0.05, 0) is 12.1 Å². The average Bonchev–Trinajstić information content (AvgIpc) is 2.77. The highest BCUT2D eigenvalue weighted by atomic mass is 35.5. The SMILES string of the molecule is CC(=O)N1CCN(C(CN)c2ccc(Cl)s2)CC1. The number of carbonyl (C=O) groups excluding carboxylic acids is 1. The van der Waals surface area contributed by atoms with Crippen molar-refractivity contribution in [1.29, 1.82) is 0 Å². The Kier molecular flexibility index (Phi) is 4.61. The zero-order chi connectivity index (χ0) is 13.1. The van der Waals surface area contributed by atoms with Gasteiger partial charge in [0.1, 0.15) is 0 Å². The van der Waals surface area contributed by atoms with Gasteiger partial charge >= 0.3 is 0 Å². The molecule has 1 aliphatic heterocycles. The van der Waals surface area contributed by atoms with Gasteiger partial charge in [-0.25, -0.2) is 0 Å². The molecule has 1 saturated heterocycles. The number of halogens is 1. The first kappa shape index (κ1) is 13.8. The predicted octanol–water partition coefficient (Wildman–Crippen LogP) is 1.57. The van der Waals surface area contributed by atoms with E-state index >= 15 is 0 Å². The Bertz CT molecular complexity index is 415. The number of nitrogens with zero attached hydrogens (tertiary/aromatic N) is 2. The molecule has 1 amide bonds. The molecule has 1 fully saturated rings. The standard InChI is InChI=1S/C12H18ClN3OS/c1-9(17)15-4-6-16(7-5-15)10(8-14)11-2-3-12(13)18-11/h2-3,10H,4-8,14H2,1H3. The maximum Gasteiger partial charge on any atom is 0.219 e. The summed E-state index contributed by atoms with van der Waals surface area (Å²) in [5, 5.41) is 0. The molecule has 1 aliphatic rings. The van der Waals surface area contributed by atoms with Crippen molar-refractivity contribution in [2.75, 3.05) is 32.7 Å². The number of hydrogen-bond acceptors (Lipinski definition) is 4. The van der Waals surface area contributed by atoms with Gasteiger partial charge in [0, 0.05) is 44.5 Å². The van der Waals surface area contributed by atoms with E-state index in [1.165, 1.54) is 4.88 Å². The van der Waals surface area contributed by atoms with Crippen LogP contribution in [-0.4, -0.2) is 48.4 Å². The topological polar surface area (TPSA) is 49.6 Å². The number of rotatable bonds is 3. The highest BCUT2D eigenvalue weighted by Gasteiger charge is 2.25. The first-order valence-electron chi connectivity index (χ1n) is 6.06. The molecule has 2 heterocycles. The second-order valence-corrected chi connectivity index (χ2v) is 6.18. The average molecular weight is 288 g/mol. The van der Waals surface area contributed by atoms with E-state index in [-0.39, 0.29) is 11.9 Å². The molecule has 0 aliphatic carbocycles. The number of thiophene rings is 1. The molecule has 4 nitrogen and oxygen atoms in total. The van der Waals surface area contributed by atoms with E-state index in [1.54, 1.807) is 18.3 Å². The Morgan fingerprint density at radius 2 is 2.11 bits per heavy atom. The van der Waals surface area contributed by atoms with Gasteiger partial charge in [-0.1, -0.05) is 11.6 Å². The quantitative estimate of drug-likeness (QED) is 0.918. The minimum atomic E-state index is 0.151. The summed E-state index contributed by atoms with van der Waals surface area (Å²) in [6, 6.07) is 4.18. The lowest BCUT2D eigenvalue weighted by Gasteiger charge is -2.38. The monoisotopic (exact) mass is 287 g/mol. The Hall–Kier alpha value is -0.620. The molecule has 1 aromatic rings. The molecular formula is C12H18ClN3OS. The second-order valence-electron chi connectivity index (χ2n) is 4.44. The van der Waals surface area contributed by atoms with Crippen molar-refractivity contribution >= 4 is 28.8 Å². The first-order valence-corrected chi connectivity index (χ1v) is 7.26. The van der Waals surface area contributed by atoms with Crippen LogP contribution < -0.4 is 5.73 Å². The minimum absolute atomic E-state index is 0.151. The van der Waals surface area contributed by atoms with E-state index in [0.29, 0.717) is 6.54 Å². The number of amides is 1. The van der Waals surface area contributed by atoms with Crippen LogP contribution >= 0.6 is 22.9 Å². The van der Waals surface area contributed by atoms with Crippen molar-refractivity contribution in [3.8, 4) is 0 Å². The molecule has 0 saturated carbocycles. The van der Waals surface area contributed by atoms with Crippen molar-refractivity contribution in [3.63, 3.8) is 0 Å². The number of piperazine rings is 1. The van der Waals surface area contributed by atoms with Crippen molar-refractivity contribution in [3.05, 3.63) is 21.3 Å². The van der Waals surface area contributed by atoms with Crippen LogP contribution in [0.25, 0.3) is 0 Å². The highest BCUT2D eigenvalue weighted by Crippen LogP contribution is 2.30. The van der Waals surface area contributed by atoms with Gasteiger partial charge in [-0.2, -0.15) is 0 Å². The molecule has 1 unspecified atom stereocenters. The smallest absolute Gasteiger partial charge is 0.219 e. The molecule has 100 valence electrons. The minimum Gasteiger partial charge on any atom is -0.340 e. The number of carbonyl (C=O) groups is 1. The molecule has 2 N–H and O–H groups in total.